The number of nitrogens with zero attached hydrogens (tertiary/aromatic N) is 1. The van der Waals surface area contributed by atoms with Crippen molar-refractivity contribution >= 4 is 17.5 Å². The first kappa shape index (κ1) is 16.8. The quantitative estimate of drug-likeness (QED) is 0.891. The molecule has 0 bridgehead atoms. The maximum Gasteiger partial charge on any atom is 0.262 e. The standard InChI is InChI=1S/C17H15ClF2N2O2/c18-13-8-11(19)4-3-10(13)9-22-16(24)17(20)6-5-14(23)15-12(17)2-1-7-21-15/h1-4,7-8,14,23H,5-6,9H2,(H,22,24)/t14-,17-/m0/s1. The fourth-order valence-corrected chi connectivity index (χ4v) is 3.08. The van der Waals surface area contributed by atoms with Gasteiger partial charge in [0.2, 0.25) is 5.67 Å². The number of fused-ring (bicyclic) bond motifs is 1. The van der Waals surface area contributed by atoms with Gasteiger partial charge in [-0.05, 0) is 36.6 Å². The van der Waals surface area contributed by atoms with Crippen LogP contribution >= 0.6 is 11.6 Å². The molecule has 2 aromatic rings. The Balaban J connectivity index is 1.81. The van der Waals surface area contributed by atoms with Gasteiger partial charge in [-0.25, -0.2) is 8.78 Å². The second-order valence-corrected chi connectivity index (χ2v) is 6.12. The third-order valence-corrected chi connectivity index (χ3v) is 4.51. The highest BCUT2D eigenvalue weighted by atomic mass is 35.5. The molecule has 126 valence electrons. The minimum atomic E-state index is -2.27. The molecule has 0 fully saturated rings. The predicted molar refractivity (Wildman–Crippen MR) is 84.5 cm³/mol. The molecule has 1 aromatic heterocycles. The molecule has 0 spiro atoms. The Morgan fingerprint density at radius 2 is 2.25 bits per heavy atom. The molecule has 1 amide bonds. The van der Waals surface area contributed by atoms with E-state index in [0.717, 1.165) is 6.07 Å². The largest absolute Gasteiger partial charge is 0.387 e. The summed E-state index contributed by atoms with van der Waals surface area (Å²) in [5.74, 6) is -1.32. The van der Waals surface area contributed by atoms with Crippen molar-refractivity contribution < 1.29 is 18.7 Å². The van der Waals surface area contributed by atoms with E-state index >= 15 is 4.39 Å². The number of hydrogen-bond acceptors (Lipinski definition) is 3. The molecule has 0 radical (unpaired) electrons. The van der Waals surface area contributed by atoms with Crippen molar-refractivity contribution in [3.8, 4) is 0 Å². The zero-order valence-corrected chi connectivity index (χ0v) is 13.4. The van der Waals surface area contributed by atoms with Gasteiger partial charge in [0, 0.05) is 23.3 Å². The van der Waals surface area contributed by atoms with Gasteiger partial charge in [0.15, 0.2) is 0 Å². The number of benzene rings is 1. The lowest BCUT2D eigenvalue weighted by Crippen LogP contribution is -2.44. The van der Waals surface area contributed by atoms with Crippen molar-refractivity contribution in [3.63, 3.8) is 0 Å². The summed E-state index contributed by atoms with van der Waals surface area (Å²) in [6.07, 6.45) is 0.523. The summed E-state index contributed by atoms with van der Waals surface area (Å²) in [5.41, 5.74) is -1.53. The first-order chi connectivity index (χ1) is 11.4. The van der Waals surface area contributed by atoms with E-state index in [2.05, 4.69) is 10.3 Å². The van der Waals surface area contributed by atoms with Gasteiger partial charge in [-0.2, -0.15) is 0 Å². The summed E-state index contributed by atoms with van der Waals surface area (Å²) in [6, 6.07) is 6.76. The third-order valence-electron chi connectivity index (χ3n) is 4.16. The fourth-order valence-electron chi connectivity index (χ4n) is 2.84. The summed E-state index contributed by atoms with van der Waals surface area (Å²) in [7, 11) is 0. The van der Waals surface area contributed by atoms with E-state index in [1.54, 1.807) is 0 Å². The number of amides is 1. The molecular weight excluding hydrogens is 338 g/mol. The van der Waals surface area contributed by atoms with Crippen LogP contribution in [0.2, 0.25) is 5.02 Å². The summed E-state index contributed by atoms with van der Waals surface area (Å²) < 4.78 is 28.4. The number of halogens is 3. The Labute approximate surface area is 142 Å². The van der Waals surface area contributed by atoms with E-state index < -0.39 is 23.5 Å². The molecule has 4 nitrogen and oxygen atoms in total. The van der Waals surface area contributed by atoms with Crippen molar-refractivity contribution in [1.29, 1.82) is 0 Å². The molecule has 3 rings (SSSR count). The molecule has 0 saturated heterocycles. The highest BCUT2D eigenvalue weighted by Gasteiger charge is 2.46. The van der Waals surface area contributed by atoms with E-state index in [1.165, 1.54) is 30.5 Å². The maximum absolute atomic E-state index is 15.3. The fraction of sp³-hybridized carbons (Fsp3) is 0.294. The van der Waals surface area contributed by atoms with E-state index in [9.17, 15) is 14.3 Å². The van der Waals surface area contributed by atoms with Crippen LogP contribution in [0, 0.1) is 5.82 Å². The summed E-state index contributed by atoms with van der Waals surface area (Å²) in [5, 5.41) is 12.6. The molecule has 24 heavy (non-hydrogen) atoms. The smallest absolute Gasteiger partial charge is 0.262 e. The monoisotopic (exact) mass is 352 g/mol. The second-order valence-electron chi connectivity index (χ2n) is 5.71. The van der Waals surface area contributed by atoms with Crippen LogP contribution < -0.4 is 5.32 Å². The minimum Gasteiger partial charge on any atom is -0.387 e. The molecule has 7 heteroatoms. The van der Waals surface area contributed by atoms with Gasteiger partial charge in [0.25, 0.3) is 5.91 Å². The van der Waals surface area contributed by atoms with E-state index in [4.69, 9.17) is 11.6 Å². The van der Waals surface area contributed by atoms with Gasteiger partial charge in [-0.3, -0.25) is 9.78 Å². The minimum absolute atomic E-state index is 0.0260. The maximum atomic E-state index is 15.3. The number of carbonyl (C=O) groups is 1. The Morgan fingerprint density at radius 1 is 1.46 bits per heavy atom. The Bertz CT molecular complexity index is 787. The first-order valence-electron chi connectivity index (χ1n) is 7.46. The van der Waals surface area contributed by atoms with Crippen molar-refractivity contribution in [2.24, 2.45) is 0 Å². The molecule has 1 aliphatic rings. The van der Waals surface area contributed by atoms with Gasteiger partial charge in [0.05, 0.1) is 11.8 Å². The Kier molecular flexibility index (Phi) is 4.51. The number of aliphatic hydroxyl groups excluding tert-OH is 1. The highest BCUT2D eigenvalue weighted by Crippen LogP contribution is 2.42. The average molecular weight is 353 g/mol. The summed E-state index contributed by atoms with van der Waals surface area (Å²) in [4.78, 5) is 16.4. The highest BCUT2D eigenvalue weighted by molar-refractivity contribution is 6.31. The first-order valence-corrected chi connectivity index (χ1v) is 7.84. The van der Waals surface area contributed by atoms with Crippen molar-refractivity contribution in [2.45, 2.75) is 31.2 Å². The topological polar surface area (TPSA) is 62.2 Å². The van der Waals surface area contributed by atoms with Crippen LogP contribution in [0.3, 0.4) is 0 Å². The van der Waals surface area contributed by atoms with Gasteiger partial charge in [-0.1, -0.05) is 23.7 Å². The SMILES string of the molecule is O=C(NCc1ccc(F)cc1Cl)[C@]1(F)CC[C@H](O)c2ncccc21. The number of hydrogen-bond donors (Lipinski definition) is 2. The van der Waals surface area contributed by atoms with Gasteiger partial charge < -0.3 is 10.4 Å². The molecule has 0 unspecified atom stereocenters. The van der Waals surface area contributed by atoms with Crippen molar-refractivity contribution in [3.05, 3.63) is 64.2 Å². The van der Waals surface area contributed by atoms with Crippen LogP contribution in [0.25, 0.3) is 0 Å². The van der Waals surface area contributed by atoms with Crippen LogP contribution in [-0.2, 0) is 17.0 Å². The van der Waals surface area contributed by atoms with E-state index in [1.807, 2.05) is 0 Å². The Hall–Kier alpha value is -2.05. The molecule has 0 aliphatic heterocycles. The number of carbonyl (C=O) groups excluding carboxylic acids is 1. The predicted octanol–water partition coefficient (Wildman–Crippen LogP) is 3.18. The molecule has 1 heterocycles. The third kappa shape index (κ3) is 2.99. The van der Waals surface area contributed by atoms with Crippen LogP contribution in [0.1, 0.15) is 35.8 Å². The zero-order valence-electron chi connectivity index (χ0n) is 12.6. The number of rotatable bonds is 3. The van der Waals surface area contributed by atoms with E-state index in [-0.39, 0.29) is 35.7 Å². The van der Waals surface area contributed by atoms with Crippen molar-refractivity contribution in [1.82, 2.24) is 10.3 Å². The molecule has 2 atom stereocenters. The number of nitrogens with one attached hydrogen (secondary N) is 1. The van der Waals surface area contributed by atoms with Crippen LogP contribution in [0.15, 0.2) is 36.5 Å². The van der Waals surface area contributed by atoms with Crippen LogP contribution in [0.4, 0.5) is 8.78 Å². The summed E-state index contributed by atoms with van der Waals surface area (Å²) in [6.45, 7) is -0.0260. The molecule has 2 N–H and O–H groups in total. The Morgan fingerprint density at radius 3 is 3.00 bits per heavy atom. The number of aliphatic hydroxyl groups is 1. The lowest BCUT2D eigenvalue weighted by Gasteiger charge is -2.32. The number of pyridine rings is 1. The van der Waals surface area contributed by atoms with E-state index in [0.29, 0.717) is 5.56 Å². The van der Waals surface area contributed by atoms with Gasteiger partial charge in [-0.15, -0.1) is 0 Å². The lowest BCUT2D eigenvalue weighted by molar-refractivity contribution is -0.135. The molecular formula is C17H15ClF2N2O2. The molecule has 1 aliphatic carbocycles. The summed E-state index contributed by atoms with van der Waals surface area (Å²) >= 11 is 5.91. The second kappa shape index (κ2) is 6.45. The molecule has 0 saturated carbocycles. The van der Waals surface area contributed by atoms with Gasteiger partial charge in [0.1, 0.15) is 5.82 Å². The van der Waals surface area contributed by atoms with Crippen LogP contribution in [-0.4, -0.2) is 16.0 Å². The zero-order chi connectivity index (χ0) is 17.3. The lowest BCUT2D eigenvalue weighted by atomic mass is 9.81. The van der Waals surface area contributed by atoms with Crippen LogP contribution in [0.5, 0.6) is 0 Å². The van der Waals surface area contributed by atoms with Gasteiger partial charge >= 0.3 is 0 Å². The van der Waals surface area contributed by atoms with Crippen molar-refractivity contribution in [2.75, 3.05) is 0 Å². The normalized spacial score (nSPS) is 22.8. The molecule has 1 aromatic carbocycles. The number of alkyl halides is 1. The average Bonchev–Trinajstić information content (AvgIpc) is 2.57. The number of aromatic nitrogens is 1.